The standard InChI is InChI=1S/C22H31F4N.C6H5FO/c1-6-10-18(22(24,25)26)13-21(17(8-3)15-23)20(16(4)7-2)14-19-11-9-12-27(19)5;7-5-1-3-6(8)4-2-5/h8,10,13-14H,6-7,9,11-12,15H2,1-5H3;1-4,8H/b17-8-,18-10-,19-14-,20-16?,21-13+;. The van der Waals surface area contributed by atoms with Crippen LogP contribution in [0.5, 0.6) is 5.75 Å². The molecule has 1 heterocycles. The van der Waals surface area contributed by atoms with Gasteiger partial charge in [0.15, 0.2) is 0 Å². The Morgan fingerprint density at radius 2 is 1.77 bits per heavy atom. The lowest BCUT2D eigenvalue weighted by atomic mass is 9.90. The number of phenols is 1. The van der Waals surface area contributed by atoms with Gasteiger partial charge in [0.1, 0.15) is 18.2 Å². The molecule has 0 aliphatic carbocycles. The van der Waals surface area contributed by atoms with Crippen molar-refractivity contribution in [1.29, 1.82) is 0 Å². The maximum atomic E-state index is 13.7. The molecule has 1 aliphatic heterocycles. The maximum absolute atomic E-state index is 13.7. The summed E-state index contributed by atoms with van der Waals surface area (Å²) in [4.78, 5) is 2.11. The van der Waals surface area contributed by atoms with Crippen molar-refractivity contribution < 1.29 is 27.1 Å². The van der Waals surface area contributed by atoms with Crippen molar-refractivity contribution in [3.05, 3.63) is 87.9 Å². The van der Waals surface area contributed by atoms with E-state index in [2.05, 4.69) is 4.90 Å². The first kappa shape index (κ1) is 30.2. The molecule has 0 saturated carbocycles. The zero-order valence-electron chi connectivity index (χ0n) is 21.1. The predicted octanol–water partition coefficient (Wildman–Crippen LogP) is 8.59. The normalized spacial score (nSPS) is 17.4. The molecule has 7 heteroatoms. The maximum Gasteiger partial charge on any atom is 0.416 e. The van der Waals surface area contributed by atoms with E-state index in [-0.39, 0.29) is 23.6 Å². The topological polar surface area (TPSA) is 23.5 Å². The van der Waals surface area contributed by atoms with Gasteiger partial charge in [0.25, 0.3) is 0 Å². The number of benzene rings is 1. The number of hydrogen-bond donors (Lipinski definition) is 1. The third kappa shape index (κ3) is 9.74. The summed E-state index contributed by atoms with van der Waals surface area (Å²) in [5.41, 5.74) is 2.59. The molecule has 2 nitrogen and oxygen atoms in total. The van der Waals surface area contributed by atoms with E-state index >= 15 is 0 Å². The summed E-state index contributed by atoms with van der Waals surface area (Å²) in [7, 11) is 1.98. The van der Waals surface area contributed by atoms with E-state index in [1.807, 2.05) is 27.0 Å². The minimum atomic E-state index is -4.47. The molecule has 194 valence electrons. The molecule has 0 amide bonds. The molecule has 0 bridgehead atoms. The van der Waals surface area contributed by atoms with Gasteiger partial charge in [-0.2, -0.15) is 13.2 Å². The quantitative estimate of drug-likeness (QED) is 0.301. The Bertz CT molecular complexity index is 945. The van der Waals surface area contributed by atoms with E-state index in [0.717, 1.165) is 42.8 Å². The van der Waals surface area contributed by atoms with E-state index in [1.54, 1.807) is 19.9 Å². The van der Waals surface area contributed by atoms with Crippen LogP contribution in [0.3, 0.4) is 0 Å². The highest BCUT2D eigenvalue weighted by molar-refractivity contribution is 5.57. The first-order chi connectivity index (χ1) is 16.5. The number of aromatic hydroxyl groups is 1. The smallest absolute Gasteiger partial charge is 0.416 e. The van der Waals surface area contributed by atoms with Crippen molar-refractivity contribution in [2.24, 2.45) is 0 Å². The van der Waals surface area contributed by atoms with E-state index in [9.17, 15) is 22.0 Å². The van der Waals surface area contributed by atoms with Crippen LogP contribution in [0.1, 0.15) is 53.4 Å². The van der Waals surface area contributed by atoms with Gasteiger partial charge in [0, 0.05) is 19.3 Å². The summed E-state index contributed by atoms with van der Waals surface area (Å²) < 4.78 is 66.1. The highest BCUT2D eigenvalue weighted by atomic mass is 19.4. The fourth-order valence-corrected chi connectivity index (χ4v) is 3.52. The molecule has 1 saturated heterocycles. The fraction of sp³-hybridized carbons (Fsp3) is 0.429. The molecule has 0 radical (unpaired) electrons. The Morgan fingerprint density at radius 1 is 1.14 bits per heavy atom. The molecule has 0 atom stereocenters. The molecule has 0 unspecified atom stereocenters. The van der Waals surface area contributed by atoms with Crippen molar-refractivity contribution in [3.8, 4) is 5.75 Å². The highest BCUT2D eigenvalue weighted by Gasteiger charge is 2.32. The minimum Gasteiger partial charge on any atom is -0.508 e. The molecule has 1 aromatic rings. The van der Waals surface area contributed by atoms with Crippen LogP contribution in [0.2, 0.25) is 0 Å². The molecule has 1 fully saturated rings. The number of phenolic OH excluding ortho intramolecular Hbond substituents is 1. The van der Waals surface area contributed by atoms with Gasteiger partial charge < -0.3 is 10.0 Å². The lowest BCUT2D eigenvalue weighted by molar-refractivity contribution is -0.0884. The molecule has 1 N–H and O–H groups in total. The van der Waals surface area contributed by atoms with Crippen molar-refractivity contribution in [2.45, 2.75) is 59.6 Å². The number of alkyl halides is 4. The van der Waals surface area contributed by atoms with E-state index in [4.69, 9.17) is 5.11 Å². The SMILES string of the molecule is C\C=C(CF)/C(=C\C(=C\CC)C(F)(F)F)C(/C=C1/CCCN1C)=C(C)CC.Oc1ccc(F)cc1. The van der Waals surface area contributed by atoms with E-state index in [0.29, 0.717) is 17.6 Å². The number of hydrogen-bond acceptors (Lipinski definition) is 2. The van der Waals surface area contributed by atoms with Gasteiger partial charge in [-0.3, -0.25) is 0 Å². The van der Waals surface area contributed by atoms with Gasteiger partial charge in [-0.1, -0.05) is 31.6 Å². The molecule has 1 aliphatic rings. The molecular weight excluding hydrogens is 461 g/mol. The largest absolute Gasteiger partial charge is 0.508 e. The lowest BCUT2D eigenvalue weighted by Crippen LogP contribution is -2.13. The van der Waals surface area contributed by atoms with Crippen molar-refractivity contribution in [1.82, 2.24) is 4.90 Å². The van der Waals surface area contributed by atoms with Crippen molar-refractivity contribution in [3.63, 3.8) is 0 Å². The fourth-order valence-electron chi connectivity index (χ4n) is 3.52. The first-order valence-electron chi connectivity index (χ1n) is 11.7. The third-order valence-corrected chi connectivity index (χ3v) is 5.72. The zero-order valence-corrected chi connectivity index (χ0v) is 21.1. The van der Waals surface area contributed by atoms with Crippen molar-refractivity contribution >= 4 is 0 Å². The van der Waals surface area contributed by atoms with Crippen LogP contribution in [0.4, 0.5) is 22.0 Å². The summed E-state index contributed by atoms with van der Waals surface area (Å²) in [5, 5.41) is 8.59. The molecule has 35 heavy (non-hydrogen) atoms. The second-order valence-corrected chi connectivity index (χ2v) is 8.26. The summed E-state index contributed by atoms with van der Waals surface area (Å²) in [5.74, 6) is -0.241. The van der Waals surface area contributed by atoms with Crippen LogP contribution < -0.4 is 0 Å². The number of allylic oxidation sites excluding steroid dienone is 10. The lowest BCUT2D eigenvalue weighted by Gasteiger charge is -2.19. The number of halogens is 5. The summed E-state index contributed by atoms with van der Waals surface area (Å²) in [6.45, 7) is 7.30. The summed E-state index contributed by atoms with van der Waals surface area (Å²) in [6.07, 6.45) is 4.13. The summed E-state index contributed by atoms with van der Waals surface area (Å²) >= 11 is 0. The van der Waals surface area contributed by atoms with Gasteiger partial charge in [-0.15, -0.1) is 0 Å². The number of nitrogens with zero attached hydrogens (tertiary/aromatic N) is 1. The van der Waals surface area contributed by atoms with Gasteiger partial charge in [-0.05, 0) is 92.7 Å². The van der Waals surface area contributed by atoms with Crippen LogP contribution in [-0.4, -0.2) is 36.4 Å². The molecular formula is C28H36F5NO. The van der Waals surface area contributed by atoms with Crippen molar-refractivity contribution in [2.75, 3.05) is 20.3 Å². The second-order valence-electron chi connectivity index (χ2n) is 8.26. The van der Waals surface area contributed by atoms with Gasteiger partial charge in [0.05, 0.1) is 5.57 Å². The highest BCUT2D eigenvalue weighted by Crippen LogP contribution is 2.34. The monoisotopic (exact) mass is 497 g/mol. The molecule has 1 aromatic carbocycles. The zero-order chi connectivity index (χ0) is 26.6. The molecule has 0 spiro atoms. The van der Waals surface area contributed by atoms with Crippen LogP contribution in [0.15, 0.2) is 82.1 Å². The van der Waals surface area contributed by atoms with Crippen LogP contribution in [0.25, 0.3) is 0 Å². The first-order valence-corrected chi connectivity index (χ1v) is 11.7. The Kier molecular flexibility index (Phi) is 12.5. The van der Waals surface area contributed by atoms with E-state index in [1.165, 1.54) is 24.3 Å². The van der Waals surface area contributed by atoms with Gasteiger partial charge in [0.2, 0.25) is 0 Å². The Morgan fingerprint density at radius 3 is 2.17 bits per heavy atom. The number of rotatable bonds is 7. The van der Waals surface area contributed by atoms with Crippen LogP contribution in [0, 0.1) is 5.82 Å². The minimum absolute atomic E-state index is 0.0893. The second kappa shape index (κ2) is 14.5. The average molecular weight is 498 g/mol. The number of likely N-dealkylation sites (tertiary alicyclic amines) is 1. The Balaban J connectivity index is 0.000000642. The van der Waals surface area contributed by atoms with Crippen LogP contribution >= 0.6 is 0 Å². The van der Waals surface area contributed by atoms with Crippen LogP contribution in [-0.2, 0) is 0 Å². The van der Waals surface area contributed by atoms with Gasteiger partial charge in [-0.25, -0.2) is 8.78 Å². The van der Waals surface area contributed by atoms with Gasteiger partial charge >= 0.3 is 6.18 Å². The molecule has 0 aromatic heterocycles. The van der Waals surface area contributed by atoms with E-state index < -0.39 is 18.4 Å². The third-order valence-electron chi connectivity index (χ3n) is 5.72. The summed E-state index contributed by atoms with van der Waals surface area (Å²) in [6, 6.07) is 5.01. The Labute approximate surface area is 205 Å². The predicted molar refractivity (Wildman–Crippen MR) is 133 cm³/mol. The molecule has 2 rings (SSSR count). The Hall–Kier alpha value is -2.83. The average Bonchev–Trinajstić information content (AvgIpc) is 3.22.